The number of anilines is 1. The molecule has 0 unspecified atom stereocenters. The molecule has 2 heterocycles. The summed E-state index contributed by atoms with van der Waals surface area (Å²) in [5.41, 5.74) is 5.45. The number of aryl methyl sites for hydroxylation is 1. The van der Waals surface area contributed by atoms with Crippen molar-refractivity contribution in [2.24, 2.45) is 0 Å². The molecule has 0 atom stereocenters. The molecule has 1 amide bonds. The van der Waals surface area contributed by atoms with Crippen LogP contribution in [0.3, 0.4) is 0 Å². The molecule has 33 heavy (non-hydrogen) atoms. The first kappa shape index (κ1) is 22.9. The lowest BCUT2D eigenvalue weighted by Crippen LogP contribution is -2.49. The Morgan fingerprint density at radius 1 is 0.970 bits per heavy atom. The van der Waals surface area contributed by atoms with Crippen molar-refractivity contribution in [2.45, 2.75) is 33.3 Å². The van der Waals surface area contributed by atoms with E-state index in [0.717, 1.165) is 42.1 Å². The highest BCUT2D eigenvalue weighted by Gasteiger charge is 2.25. The summed E-state index contributed by atoms with van der Waals surface area (Å²) in [5.74, 6) is 1.86. The van der Waals surface area contributed by atoms with Gasteiger partial charge in [-0.1, -0.05) is 67.1 Å². The average Bonchev–Trinajstić information content (AvgIpc) is 2.86. The molecule has 1 fully saturated rings. The molecular weight excluding hydrogens is 412 g/mol. The van der Waals surface area contributed by atoms with Crippen LogP contribution >= 0.6 is 0 Å². The van der Waals surface area contributed by atoms with Gasteiger partial charge in [-0.2, -0.15) is 0 Å². The van der Waals surface area contributed by atoms with E-state index >= 15 is 0 Å². The van der Waals surface area contributed by atoms with E-state index in [-0.39, 0.29) is 5.91 Å². The van der Waals surface area contributed by atoms with Crippen LogP contribution in [-0.2, 0) is 22.6 Å². The molecule has 4 rings (SSSR count). The molecule has 1 aliphatic heterocycles. The number of ether oxygens (including phenoxy) is 1. The van der Waals surface area contributed by atoms with Crippen LogP contribution in [0.2, 0.25) is 0 Å². The summed E-state index contributed by atoms with van der Waals surface area (Å²) in [5, 5.41) is 0. The minimum atomic E-state index is 0.210. The van der Waals surface area contributed by atoms with Gasteiger partial charge < -0.3 is 14.5 Å². The lowest BCUT2D eigenvalue weighted by Gasteiger charge is -2.36. The third-order valence-electron chi connectivity index (χ3n) is 6.12. The Labute approximate surface area is 196 Å². The molecule has 0 aliphatic carbocycles. The molecule has 1 aromatic heterocycles. The van der Waals surface area contributed by atoms with Crippen molar-refractivity contribution in [3.05, 3.63) is 77.0 Å². The van der Waals surface area contributed by atoms with E-state index in [1.807, 2.05) is 42.2 Å². The first-order valence-corrected chi connectivity index (χ1v) is 11.6. The first-order chi connectivity index (χ1) is 16.1. The molecule has 1 saturated heterocycles. The van der Waals surface area contributed by atoms with Gasteiger partial charge in [-0.3, -0.25) is 4.79 Å². The van der Waals surface area contributed by atoms with Crippen molar-refractivity contribution in [3.8, 4) is 11.4 Å². The Morgan fingerprint density at radius 2 is 1.67 bits per heavy atom. The van der Waals surface area contributed by atoms with Crippen molar-refractivity contribution < 1.29 is 9.53 Å². The molecule has 3 aromatic rings. The molecule has 6 nitrogen and oxygen atoms in total. The second kappa shape index (κ2) is 10.6. The molecule has 172 valence electrons. The lowest BCUT2D eigenvalue weighted by molar-refractivity contribution is -0.131. The summed E-state index contributed by atoms with van der Waals surface area (Å²) in [4.78, 5) is 26.4. The number of nitrogens with zero attached hydrogens (tertiary/aromatic N) is 4. The summed E-state index contributed by atoms with van der Waals surface area (Å²) in [6.45, 7) is 7.36. The van der Waals surface area contributed by atoms with E-state index in [1.54, 1.807) is 7.11 Å². The fraction of sp³-hybridized carbons (Fsp3) is 0.370. The quantitative estimate of drug-likeness (QED) is 0.545. The number of aromatic nitrogens is 2. The van der Waals surface area contributed by atoms with Crippen LogP contribution in [0.5, 0.6) is 0 Å². The third kappa shape index (κ3) is 5.40. The van der Waals surface area contributed by atoms with Gasteiger partial charge in [0.1, 0.15) is 5.82 Å². The fourth-order valence-electron chi connectivity index (χ4n) is 4.23. The van der Waals surface area contributed by atoms with Gasteiger partial charge in [0.25, 0.3) is 0 Å². The smallest absolute Gasteiger partial charge is 0.222 e. The molecule has 0 bridgehead atoms. The van der Waals surface area contributed by atoms with E-state index < -0.39 is 0 Å². The van der Waals surface area contributed by atoms with E-state index in [2.05, 4.69) is 36.1 Å². The van der Waals surface area contributed by atoms with E-state index in [1.165, 1.54) is 11.1 Å². The minimum Gasteiger partial charge on any atom is -0.378 e. The topological polar surface area (TPSA) is 58.6 Å². The van der Waals surface area contributed by atoms with Gasteiger partial charge in [-0.25, -0.2) is 9.97 Å². The van der Waals surface area contributed by atoms with Gasteiger partial charge in [0.05, 0.1) is 12.3 Å². The van der Waals surface area contributed by atoms with Crippen LogP contribution in [0.1, 0.15) is 35.7 Å². The van der Waals surface area contributed by atoms with Gasteiger partial charge in [-0.15, -0.1) is 0 Å². The molecule has 0 saturated carbocycles. The lowest BCUT2D eigenvalue weighted by atomic mass is 10.0. The summed E-state index contributed by atoms with van der Waals surface area (Å²) in [7, 11) is 1.70. The van der Waals surface area contributed by atoms with E-state index in [9.17, 15) is 4.79 Å². The standard InChI is InChI=1S/C27H32N4O2/c1-4-25(32)30-14-16-31(17-15-30)27-23(18-21-12-10-20(2)11-13-21)24(19-33-3)28-26(29-27)22-8-6-5-7-9-22/h5-13H,4,14-19H2,1-3H3. The maximum atomic E-state index is 12.2. The van der Waals surface area contributed by atoms with Crippen LogP contribution in [0, 0.1) is 6.92 Å². The molecule has 0 spiro atoms. The number of rotatable bonds is 7. The largest absolute Gasteiger partial charge is 0.378 e. The molecule has 1 aliphatic rings. The molecular formula is C27H32N4O2. The number of hydrogen-bond donors (Lipinski definition) is 0. The Kier molecular flexibility index (Phi) is 7.35. The number of piperazine rings is 1. The van der Waals surface area contributed by atoms with Crippen LogP contribution < -0.4 is 4.90 Å². The van der Waals surface area contributed by atoms with Gasteiger partial charge in [0, 0.05) is 57.3 Å². The highest BCUT2D eigenvalue weighted by atomic mass is 16.5. The number of amides is 1. The average molecular weight is 445 g/mol. The second-order valence-electron chi connectivity index (χ2n) is 8.48. The van der Waals surface area contributed by atoms with Crippen molar-refractivity contribution in [3.63, 3.8) is 0 Å². The van der Waals surface area contributed by atoms with Crippen molar-refractivity contribution >= 4 is 11.7 Å². The zero-order valence-corrected chi connectivity index (χ0v) is 19.8. The number of carbonyl (C=O) groups excluding carboxylic acids is 1. The number of methoxy groups -OCH3 is 1. The molecule has 6 heteroatoms. The Hall–Kier alpha value is -3.25. The van der Waals surface area contributed by atoms with Crippen molar-refractivity contribution in [1.82, 2.24) is 14.9 Å². The minimum absolute atomic E-state index is 0.210. The van der Waals surface area contributed by atoms with Gasteiger partial charge in [-0.05, 0) is 12.5 Å². The first-order valence-electron chi connectivity index (χ1n) is 11.6. The van der Waals surface area contributed by atoms with Gasteiger partial charge >= 0.3 is 0 Å². The van der Waals surface area contributed by atoms with E-state index in [4.69, 9.17) is 14.7 Å². The Morgan fingerprint density at radius 3 is 2.30 bits per heavy atom. The van der Waals surface area contributed by atoms with Crippen LogP contribution in [0.4, 0.5) is 5.82 Å². The SMILES string of the molecule is CCC(=O)N1CCN(c2nc(-c3ccccc3)nc(COC)c2Cc2ccc(C)cc2)CC1. The van der Waals surface area contributed by atoms with Crippen LogP contribution in [0.15, 0.2) is 54.6 Å². The highest BCUT2D eigenvalue weighted by molar-refractivity contribution is 5.76. The normalized spacial score (nSPS) is 13.9. The maximum Gasteiger partial charge on any atom is 0.222 e. The van der Waals surface area contributed by atoms with Crippen molar-refractivity contribution in [1.29, 1.82) is 0 Å². The number of hydrogen-bond acceptors (Lipinski definition) is 5. The molecule has 0 N–H and O–H groups in total. The summed E-state index contributed by atoms with van der Waals surface area (Å²) < 4.78 is 5.56. The summed E-state index contributed by atoms with van der Waals surface area (Å²) >= 11 is 0. The second-order valence-corrected chi connectivity index (χ2v) is 8.48. The van der Waals surface area contributed by atoms with Gasteiger partial charge in [0.15, 0.2) is 5.82 Å². The predicted octanol–water partition coefficient (Wildman–Crippen LogP) is 4.25. The highest BCUT2D eigenvalue weighted by Crippen LogP contribution is 2.29. The zero-order valence-electron chi connectivity index (χ0n) is 19.8. The van der Waals surface area contributed by atoms with Crippen molar-refractivity contribution in [2.75, 3.05) is 38.2 Å². The van der Waals surface area contributed by atoms with Gasteiger partial charge in [0.2, 0.25) is 5.91 Å². The summed E-state index contributed by atoms with van der Waals surface area (Å²) in [6.07, 6.45) is 1.28. The van der Waals surface area contributed by atoms with Crippen LogP contribution in [0.25, 0.3) is 11.4 Å². The third-order valence-corrected chi connectivity index (χ3v) is 6.12. The van der Waals surface area contributed by atoms with Crippen LogP contribution in [-0.4, -0.2) is 54.1 Å². The molecule has 2 aromatic carbocycles. The molecule has 0 radical (unpaired) electrons. The summed E-state index contributed by atoms with van der Waals surface area (Å²) in [6, 6.07) is 18.7. The maximum absolute atomic E-state index is 12.2. The fourth-order valence-corrected chi connectivity index (χ4v) is 4.23. The Balaban J connectivity index is 1.75. The number of carbonyl (C=O) groups is 1. The predicted molar refractivity (Wildman–Crippen MR) is 131 cm³/mol. The zero-order chi connectivity index (χ0) is 23.2. The Bertz CT molecular complexity index is 1080. The monoisotopic (exact) mass is 444 g/mol. The number of benzene rings is 2. The van der Waals surface area contributed by atoms with E-state index in [0.29, 0.717) is 31.9 Å².